The monoisotopic (exact) mass is 524 g/mol. The molecule has 37 heavy (non-hydrogen) atoms. The van der Waals surface area contributed by atoms with Gasteiger partial charge < -0.3 is 19.5 Å². The minimum absolute atomic E-state index is 0.0530. The van der Waals surface area contributed by atoms with Crippen molar-refractivity contribution in [2.24, 2.45) is 0 Å². The zero-order valence-corrected chi connectivity index (χ0v) is 21.1. The second-order valence-corrected chi connectivity index (χ2v) is 9.80. The lowest BCUT2D eigenvalue weighted by molar-refractivity contribution is -0.166. The van der Waals surface area contributed by atoms with Crippen molar-refractivity contribution in [1.29, 1.82) is 0 Å². The highest BCUT2D eigenvalue weighted by Gasteiger charge is 2.40. The summed E-state index contributed by atoms with van der Waals surface area (Å²) in [7, 11) is 1.52. The Labute approximate surface area is 210 Å². The third-order valence-electron chi connectivity index (χ3n) is 6.17. The zero-order chi connectivity index (χ0) is 27.3. The maximum atomic E-state index is 14.6. The number of carbonyl (C=O) groups is 1. The maximum absolute atomic E-state index is 14.6. The molecule has 1 fully saturated rings. The van der Waals surface area contributed by atoms with Gasteiger partial charge in [-0.3, -0.25) is 9.59 Å². The first-order valence-electron chi connectivity index (χ1n) is 11.6. The van der Waals surface area contributed by atoms with E-state index in [1.54, 1.807) is 21.7 Å². The molecule has 1 saturated heterocycles. The smallest absolute Gasteiger partial charge is 0.378 e. The van der Waals surface area contributed by atoms with E-state index < -0.39 is 23.4 Å². The Morgan fingerprint density at radius 3 is 2.49 bits per heavy atom. The predicted molar refractivity (Wildman–Crippen MR) is 130 cm³/mol. The predicted octanol–water partition coefficient (Wildman–Crippen LogP) is 3.92. The number of carbonyl (C=O) groups excluding carboxylic acids is 1. The van der Waals surface area contributed by atoms with Gasteiger partial charge in [-0.25, -0.2) is 14.1 Å². The molecule has 1 atom stereocenters. The van der Waals surface area contributed by atoms with E-state index in [4.69, 9.17) is 4.74 Å². The first-order valence-corrected chi connectivity index (χ1v) is 11.6. The van der Waals surface area contributed by atoms with Gasteiger partial charge in [-0.2, -0.15) is 18.3 Å². The number of nitrogens with zero attached hydrogens (tertiary/aromatic N) is 5. The van der Waals surface area contributed by atoms with Gasteiger partial charge in [-0.1, -0.05) is 0 Å². The summed E-state index contributed by atoms with van der Waals surface area (Å²) in [6, 6.07) is 0.793. The van der Waals surface area contributed by atoms with Gasteiger partial charge in [0.05, 0.1) is 30.1 Å². The van der Waals surface area contributed by atoms with E-state index in [1.165, 1.54) is 40.1 Å². The van der Waals surface area contributed by atoms with Crippen LogP contribution in [0, 0.1) is 0 Å². The quantitative estimate of drug-likeness (QED) is 0.471. The van der Waals surface area contributed by atoms with Crippen LogP contribution >= 0.6 is 0 Å². The molecule has 3 aromatic heterocycles. The number of halogens is 4. The van der Waals surface area contributed by atoms with Crippen molar-refractivity contribution >= 4 is 28.3 Å². The molecule has 1 aliphatic rings. The number of aromatic nitrogens is 4. The molecule has 13 heteroatoms. The molecule has 1 amide bonds. The second-order valence-electron chi connectivity index (χ2n) is 9.80. The third kappa shape index (κ3) is 5.45. The van der Waals surface area contributed by atoms with Gasteiger partial charge in [0.15, 0.2) is 0 Å². The fourth-order valence-electron chi connectivity index (χ4n) is 4.22. The Morgan fingerprint density at radius 1 is 1.24 bits per heavy atom. The Morgan fingerprint density at radius 2 is 1.92 bits per heavy atom. The first-order chi connectivity index (χ1) is 17.2. The summed E-state index contributed by atoms with van der Waals surface area (Å²) in [5, 5.41) is 7.16. The average Bonchev–Trinajstić information content (AvgIpc) is 3.08. The second kappa shape index (κ2) is 9.43. The number of hydrogen-bond acceptors (Lipinski definition) is 6. The van der Waals surface area contributed by atoms with E-state index in [-0.39, 0.29) is 35.8 Å². The standard InChI is InChI=1S/C24H28F4N6O3/c1-13(24(26,27)28)34-22(36)19(32-9-15(10-32)37-5)7-18(31-34)17-11-33(12-23(3,4)25)20-8-29-21(6-16(17)20)30-14(2)35/h6-8,11,13,15H,9-10,12H2,1-5H3,(H,29,30,35)/t13-/m0/s1. The van der Waals surface area contributed by atoms with Gasteiger partial charge in [-0.15, -0.1) is 0 Å². The number of hydrogen-bond donors (Lipinski definition) is 1. The van der Waals surface area contributed by atoms with E-state index in [1.807, 2.05) is 0 Å². The summed E-state index contributed by atoms with van der Waals surface area (Å²) in [6.07, 6.45) is -1.85. The van der Waals surface area contributed by atoms with E-state index in [0.29, 0.717) is 34.2 Å². The minimum atomic E-state index is -4.72. The number of rotatable bonds is 7. The van der Waals surface area contributed by atoms with Gasteiger partial charge in [-0.05, 0) is 32.9 Å². The van der Waals surface area contributed by atoms with Crippen LogP contribution in [-0.4, -0.2) is 63.4 Å². The van der Waals surface area contributed by atoms with Gasteiger partial charge in [0.25, 0.3) is 5.56 Å². The molecule has 4 rings (SSSR count). The van der Waals surface area contributed by atoms with E-state index >= 15 is 0 Å². The molecule has 0 bridgehead atoms. The van der Waals surface area contributed by atoms with Crippen LogP contribution in [0.5, 0.6) is 0 Å². The van der Waals surface area contributed by atoms with Gasteiger partial charge in [0.2, 0.25) is 5.91 Å². The molecule has 0 spiro atoms. The van der Waals surface area contributed by atoms with Crippen LogP contribution in [0.4, 0.5) is 29.1 Å². The molecule has 0 saturated carbocycles. The van der Waals surface area contributed by atoms with E-state index in [9.17, 15) is 27.2 Å². The molecule has 0 radical (unpaired) electrons. The van der Waals surface area contributed by atoms with Gasteiger partial charge >= 0.3 is 6.18 Å². The van der Waals surface area contributed by atoms with Crippen LogP contribution in [0.15, 0.2) is 29.3 Å². The third-order valence-corrected chi connectivity index (χ3v) is 6.17. The lowest BCUT2D eigenvalue weighted by Gasteiger charge is -2.39. The van der Waals surface area contributed by atoms with Crippen LogP contribution in [-0.2, 0) is 16.1 Å². The van der Waals surface area contributed by atoms with Crippen LogP contribution in [0.3, 0.4) is 0 Å². The molecule has 0 aliphatic carbocycles. The molecule has 0 aromatic carbocycles. The van der Waals surface area contributed by atoms with E-state index in [0.717, 1.165) is 6.92 Å². The van der Waals surface area contributed by atoms with Gasteiger partial charge in [0, 0.05) is 44.3 Å². The fourth-order valence-corrected chi connectivity index (χ4v) is 4.22. The molecule has 0 unspecified atom stereocenters. The van der Waals surface area contributed by atoms with Crippen molar-refractivity contribution in [3.8, 4) is 11.3 Å². The van der Waals surface area contributed by atoms with Crippen molar-refractivity contribution in [3.63, 3.8) is 0 Å². The summed E-state index contributed by atoms with van der Waals surface area (Å²) in [5.74, 6) is -0.155. The number of alkyl halides is 4. The van der Waals surface area contributed by atoms with Gasteiger partial charge in [0.1, 0.15) is 23.2 Å². The molecule has 200 valence electrons. The molecule has 1 aliphatic heterocycles. The topological polar surface area (TPSA) is 94.3 Å². The minimum Gasteiger partial charge on any atom is -0.378 e. The Bertz CT molecular complexity index is 1390. The molecule has 4 heterocycles. The highest BCUT2D eigenvalue weighted by Crippen LogP contribution is 2.35. The summed E-state index contributed by atoms with van der Waals surface area (Å²) >= 11 is 0. The van der Waals surface area contributed by atoms with Crippen LogP contribution < -0.4 is 15.8 Å². The summed E-state index contributed by atoms with van der Waals surface area (Å²) < 4.78 is 62.9. The van der Waals surface area contributed by atoms with Crippen molar-refractivity contribution in [2.75, 3.05) is 30.4 Å². The summed E-state index contributed by atoms with van der Waals surface area (Å²) in [5.41, 5.74) is -1.50. The average molecular weight is 525 g/mol. The van der Waals surface area contributed by atoms with Crippen molar-refractivity contribution in [2.45, 2.75) is 58.2 Å². The number of anilines is 2. The Hall–Kier alpha value is -3.48. The first kappa shape index (κ1) is 26.6. The molecule has 9 nitrogen and oxygen atoms in total. The Kier molecular flexibility index (Phi) is 6.78. The normalized spacial score (nSPS) is 15.6. The highest BCUT2D eigenvalue weighted by atomic mass is 19.4. The number of methoxy groups -OCH3 is 1. The van der Waals surface area contributed by atoms with E-state index in [2.05, 4.69) is 15.4 Å². The van der Waals surface area contributed by atoms with Crippen molar-refractivity contribution in [3.05, 3.63) is 34.9 Å². The fraction of sp³-hybridized carbons (Fsp3) is 0.500. The number of pyridine rings is 1. The molecular formula is C24H28F4N6O3. The number of amides is 1. The largest absolute Gasteiger partial charge is 0.410 e. The van der Waals surface area contributed by atoms with Crippen LogP contribution in [0.1, 0.15) is 33.7 Å². The lowest BCUT2D eigenvalue weighted by atomic mass is 10.1. The molecule has 1 N–H and O–H groups in total. The zero-order valence-electron chi connectivity index (χ0n) is 21.1. The molecular weight excluding hydrogens is 496 g/mol. The number of nitrogens with one attached hydrogen (secondary N) is 1. The van der Waals surface area contributed by atoms with Crippen LogP contribution in [0.25, 0.3) is 22.2 Å². The van der Waals surface area contributed by atoms with Crippen molar-refractivity contribution in [1.82, 2.24) is 19.3 Å². The van der Waals surface area contributed by atoms with Crippen LogP contribution in [0.2, 0.25) is 0 Å². The molecule has 3 aromatic rings. The van der Waals surface area contributed by atoms with Crippen molar-refractivity contribution < 1.29 is 27.1 Å². The summed E-state index contributed by atoms with van der Waals surface area (Å²) in [6.45, 7) is 5.58. The highest BCUT2D eigenvalue weighted by molar-refractivity contribution is 5.98. The SMILES string of the molecule is COC1CN(c2cc(-c3cn(CC(C)(C)F)c4cnc(NC(C)=O)cc34)nn([C@@H](C)C(F)(F)F)c2=O)C1. The summed E-state index contributed by atoms with van der Waals surface area (Å²) in [4.78, 5) is 30.5. The maximum Gasteiger partial charge on any atom is 0.410 e. The lowest BCUT2D eigenvalue weighted by Crippen LogP contribution is -2.54. The number of fused-ring (bicyclic) bond motifs is 1. The number of ether oxygens (including phenoxy) is 1. The Balaban J connectivity index is 1.95.